The Labute approximate surface area is 112 Å². The Balaban J connectivity index is 2.10. The molecule has 1 aromatic rings. The Morgan fingerprint density at radius 3 is 2.72 bits per heavy atom. The van der Waals surface area contributed by atoms with Crippen LogP contribution in [0.2, 0.25) is 5.02 Å². The summed E-state index contributed by atoms with van der Waals surface area (Å²) in [6, 6.07) is 1.01. The fourth-order valence-electron chi connectivity index (χ4n) is 2.54. The van der Waals surface area contributed by atoms with Crippen LogP contribution >= 0.6 is 11.6 Å². The quantitative estimate of drug-likeness (QED) is 0.871. The maximum Gasteiger partial charge on any atom is 0.271 e. The first kappa shape index (κ1) is 13.4. The normalized spacial score (nSPS) is 23.9. The van der Waals surface area contributed by atoms with Gasteiger partial charge in [-0.25, -0.2) is 4.98 Å². The van der Waals surface area contributed by atoms with E-state index in [1.165, 1.54) is 6.33 Å². The summed E-state index contributed by atoms with van der Waals surface area (Å²) >= 11 is 6.00. The topological polar surface area (TPSA) is 61.0 Å². The zero-order chi connectivity index (χ0) is 13.1. The molecule has 0 spiro atoms. The van der Waals surface area contributed by atoms with Gasteiger partial charge in [-0.2, -0.15) is 0 Å². The van der Waals surface area contributed by atoms with Gasteiger partial charge in [0.05, 0.1) is 6.33 Å². The second-order valence-electron chi connectivity index (χ2n) is 4.77. The summed E-state index contributed by atoms with van der Waals surface area (Å²) < 4.78 is 0. The Morgan fingerprint density at radius 2 is 2.11 bits per heavy atom. The Kier molecular flexibility index (Phi) is 4.24. The molecule has 0 atom stereocenters. The number of aromatic nitrogens is 2. The molecule has 2 rings (SSSR count). The SMILES string of the molecule is CNC1CCC(N(C)c2nc[nH]c(=O)c2Cl)CC1. The van der Waals surface area contributed by atoms with Crippen LogP contribution in [0.5, 0.6) is 0 Å². The lowest BCUT2D eigenvalue weighted by Gasteiger charge is -2.35. The summed E-state index contributed by atoms with van der Waals surface area (Å²) in [5, 5.41) is 3.49. The number of hydrogen-bond donors (Lipinski definition) is 2. The van der Waals surface area contributed by atoms with Crippen molar-refractivity contribution in [3.63, 3.8) is 0 Å². The lowest BCUT2D eigenvalue weighted by Crippen LogP contribution is -2.40. The van der Waals surface area contributed by atoms with Crippen LogP contribution in [0.4, 0.5) is 5.82 Å². The van der Waals surface area contributed by atoms with Gasteiger partial charge in [0.25, 0.3) is 5.56 Å². The van der Waals surface area contributed by atoms with Crippen molar-refractivity contribution in [3.05, 3.63) is 21.7 Å². The first-order valence-electron chi connectivity index (χ1n) is 6.26. The highest BCUT2D eigenvalue weighted by Gasteiger charge is 2.25. The standard InChI is InChI=1S/C12H19ClN4O/c1-14-8-3-5-9(6-4-8)17(2)11-10(13)12(18)16-7-15-11/h7-9,14H,3-6H2,1-2H3,(H,15,16,18). The zero-order valence-electron chi connectivity index (χ0n) is 10.7. The average molecular weight is 271 g/mol. The number of nitrogens with one attached hydrogen (secondary N) is 2. The van der Waals surface area contributed by atoms with Crippen molar-refractivity contribution in [2.45, 2.75) is 37.8 Å². The van der Waals surface area contributed by atoms with Crippen molar-refractivity contribution >= 4 is 17.4 Å². The summed E-state index contributed by atoms with van der Waals surface area (Å²) in [6.45, 7) is 0. The molecule has 2 N–H and O–H groups in total. The monoisotopic (exact) mass is 270 g/mol. The first-order chi connectivity index (χ1) is 8.63. The highest BCUT2D eigenvalue weighted by Crippen LogP contribution is 2.27. The van der Waals surface area contributed by atoms with Crippen molar-refractivity contribution in [3.8, 4) is 0 Å². The van der Waals surface area contributed by atoms with Crippen LogP contribution < -0.4 is 15.8 Å². The molecular formula is C12H19ClN4O. The molecule has 100 valence electrons. The molecule has 6 heteroatoms. The van der Waals surface area contributed by atoms with Gasteiger partial charge in [0.15, 0.2) is 5.82 Å². The van der Waals surface area contributed by atoms with Crippen molar-refractivity contribution in [1.82, 2.24) is 15.3 Å². The van der Waals surface area contributed by atoms with E-state index >= 15 is 0 Å². The molecule has 0 aliphatic heterocycles. The van der Waals surface area contributed by atoms with Gasteiger partial charge in [-0.15, -0.1) is 0 Å². The van der Waals surface area contributed by atoms with Crippen LogP contribution in [0.25, 0.3) is 0 Å². The summed E-state index contributed by atoms with van der Waals surface area (Å²) in [5.41, 5.74) is -0.280. The molecule has 0 aromatic carbocycles. The van der Waals surface area contributed by atoms with E-state index in [1.54, 1.807) is 0 Å². The van der Waals surface area contributed by atoms with E-state index < -0.39 is 0 Å². The summed E-state index contributed by atoms with van der Waals surface area (Å²) in [6.07, 6.45) is 5.87. The second kappa shape index (κ2) is 5.71. The maximum atomic E-state index is 11.5. The molecule has 1 aliphatic rings. The molecule has 1 heterocycles. The van der Waals surface area contributed by atoms with E-state index in [0.717, 1.165) is 25.7 Å². The number of rotatable bonds is 3. The minimum absolute atomic E-state index is 0.177. The van der Waals surface area contributed by atoms with Crippen molar-refractivity contribution < 1.29 is 0 Å². The minimum atomic E-state index is -0.280. The molecule has 1 aliphatic carbocycles. The largest absolute Gasteiger partial charge is 0.355 e. The summed E-state index contributed by atoms with van der Waals surface area (Å²) in [5.74, 6) is 0.577. The first-order valence-corrected chi connectivity index (χ1v) is 6.64. The van der Waals surface area contributed by atoms with E-state index in [-0.39, 0.29) is 10.6 Å². The van der Waals surface area contributed by atoms with Gasteiger partial charge in [0, 0.05) is 19.1 Å². The lowest BCUT2D eigenvalue weighted by atomic mass is 9.90. The molecule has 0 unspecified atom stereocenters. The van der Waals surface area contributed by atoms with E-state index in [1.807, 2.05) is 19.0 Å². The van der Waals surface area contributed by atoms with Crippen LogP contribution in [0.3, 0.4) is 0 Å². The number of H-pyrrole nitrogens is 1. The molecular weight excluding hydrogens is 252 g/mol. The number of nitrogens with zero attached hydrogens (tertiary/aromatic N) is 2. The fraction of sp³-hybridized carbons (Fsp3) is 0.667. The molecule has 0 radical (unpaired) electrons. The number of anilines is 1. The van der Waals surface area contributed by atoms with Crippen LogP contribution in [0.1, 0.15) is 25.7 Å². The molecule has 18 heavy (non-hydrogen) atoms. The molecule has 1 fully saturated rings. The molecule has 5 nitrogen and oxygen atoms in total. The average Bonchev–Trinajstić information content (AvgIpc) is 2.41. The molecule has 0 amide bonds. The molecule has 0 saturated heterocycles. The van der Waals surface area contributed by atoms with E-state index in [2.05, 4.69) is 15.3 Å². The Bertz CT molecular complexity index is 454. The van der Waals surface area contributed by atoms with Crippen LogP contribution in [-0.4, -0.2) is 36.1 Å². The lowest BCUT2D eigenvalue weighted by molar-refractivity contribution is 0.350. The van der Waals surface area contributed by atoms with E-state index in [4.69, 9.17) is 11.6 Å². The van der Waals surface area contributed by atoms with Gasteiger partial charge < -0.3 is 15.2 Å². The van der Waals surface area contributed by atoms with Crippen molar-refractivity contribution in [2.24, 2.45) is 0 Å². The molecule has 1 aromatic heterocycles. The van der Waals surface area contributed by atoms with E-state index in [9.17, 15) is 4.79 Å². The van der Waals surface area contributed by atoms with Gasteiger partial charge >= 0.3 is 0 Å². The third kappa shape index (κ3) is 2.67. The minimum Gasteiger partial charge on any atom is -0.355 e. The van der Waals surface area contributed by atoms with Crippen LogP contribution in [0, 0.1) is 0 Å². The predicted molar refractivity (Wildman–Crippen MR) is 73.4 cm³/mol. The highest BCUT2D eigenvalue weighted by molar-refractivity contribution is 6.32. The van der Waals surface area contributed by atoms with Crippen molar-refractivity contribution in [1.29, 1.82) is 0 Å². The van der Waals surface area contributed by atoms with Crippen LogP contribution in [0.15, 0.2) is 11.1 Å². The van der Waals surface area contributed by atoms with Gasteiger partial charge in [-0.05, 0) is 32.7 Å². The van der Waals surface area contributed by atoms with Gasteiger partial charge in [-0.1, -0.05) is 11.6 Å². The van der Waals surface area contributed by atoms with Crippen LogP contribution in [-0.2, 0) is 0 Å². The van der Waals surface area contributed by atoms with Gasteiger partial charge in [0.2, 0.25) is 0 Å². The van der Waals surface area contributed by atoms with Gasteiger partial charge in [0.1, 0.15) is 5.02 Å². The Morgan fingerprint density at radius 1 is 1.44 bits per heavy atom. The summed E-state index contributed by atoms with van der Waals surface area (Å²) in [4.78, 5) is 20.1. The smallest absolute Gasteiger partial charge is 0.271 e. The third-order valence-corrected chi connectivity index (χ3v) is 4.11. The fourth-order valence-corrected chi connectivity index (χ4v) is 2.78. The van der Waals surface area contributed by atoms with Crippen molar-refractivity contribution in [2.75, 3.05) is 19.0 Å². The van der Waals surface area contributed by atoms with Gasteiger partial charge in [-0.3, -0.25) is 4.79 Å². The molecule has 1 saturated carbocycles. The third-order valence-electron chi connectivity index (χ3n) is 3.76. The predicted octanol–water partition coefficient (Wildman–Crippen LogP) is 1.39. The summed E-state index contributed by atoms with van der Waals surface area (Å²) in [7, 11) is 3.96. The second-order valence-corrected chi connectivity index (χ2v) is 5.15. The Hall–Kier alpha value is -1.07. The number of hydrogen-bond acceptors (Lipinski definition) is 4. The number of aromatic amines is 1. The zero-order valence-corrected chi connectivity index (χ0v) is 11.5. The van der Waals surface area contributed by atoms with E-state index in [0.29, 0.717) is 17.9 Å². The number of halogens is 1. The highest BCUT2D eigenvalue weighted by atomic mass is 35.5. The molecule has 0 bridgehead atoms. The maximum absolute atomic E-state index is 11.5.